The number of nitrogens with one attached hydrogen (secondary N) is 1. The molecule has 0 spiro atoms. The Labute approximate surface area is 167 Å². The van der Waals surface area contributed by atoms with E-state index >= 15 is 0 Å². The van der Waals surface area contributed by atoms with Gasteiger partial charge in [0.25, 0.3) is 5.91 Å². The van der Waals surface area contributed by atoms with Gasteiger partial charge in [-0.05, 0) is 47.2 Å². The van der Waals surface area contributed by atoms with Crippen LogP contribution in [0.1, 0.15) is 46.2 Å². The van der Waals surface area contributed by atoms with E-state index in [0.29, 0.717) is 35.7 Å². The van der Waals surface area contributed by atoms with Gasteiger partial charge in [-0.2, -0.15) is 4.68 Å². The second-order valence-corrected chi connectivity index (χ2v) is 6.71. The zero-order valence-electron chi connectivity index (χ0n) is 15.9. The molecule has 3 N–H and O–H groups in total. The molecule has 144 valence electrons. The number of nitrogens with two attached hydrogens (primary N) is 1. The fraction of sp³-hybridized carbons (Fsp3) is 0.190. The monoisotopic (exact) mass is 385 g/mol. The predicted octanol–water partition coefficient (Wildman–Crippen LogP) is 1.71. The first-order valence-electron chi connectivity index (χ1n) is 9.24. The summed E-state index contributed by atoms with van der Waals surface area (Å²) in [5, 5.41) is 19.3. The van der Waals surface area contributed by atoms with Crippen molar-refractivity contribution in [2.24, 2.45) is 5.73 Å². The fourth-order valence-corrected chi connectivity index (χ4v) is 3.20. The van der Waals surface area contributed by atoms with E-state index in [1.807, 2.05) is 31.2 Å². The van der Waals surface area contributed by atoms with Crippen LogP contribution in [-0.2, 0) is 6.54 Å². The lowest BCUT2D eigenvalue weighted by Gasteiger charge is -2.19. The first-order valence-corrected chi connectivity index (χ1v) is 9.24. The van der Waals surface area contributed by atoms with Crippen LogP contribution in [0.5, 0.6) is 0 Å². The number of aromatic nitrogens is 4. The number of rotatable bonds is 3. The van der Waals surface area contributed by atoms with E-state index < -0.39 is 0 Å². The van der Waals surface area contributed by atoms with Crippen molar-refractivity contribution >= 4 is 11.7 Å². The van der Waals surface area contributed by atoms with Crippen LogP contribution in [0, 0.1) is 17.3 Å². The van der Waals surface area contributed by atoms with Gasteiger partial charge in [0.15, 0.2) is 5.82 Å². The molecule has 0 aliphatic carbocycles. The zero-order valence-corrected chi connectivity index (χ0v) is 15.9. The molecular weight excluding hydrogens is 366 g/mol. The number of fused-ring (bicyclic) bond motifs is 3. The highest BCUT2D eigenvalue weighted by atomic mass is 16.2. The van der Waals surface area contributed by atoms with Gasteiger partial charge in [-0.1, -0.05) is 30.9 Å². The third-order valence-corrected chi connectivity index (χ3v) is 4.65. The normalized spacial score (nSPS) is 12.4. The number of benzene rings is 2. The number of amides is 1. The van der Waals surface area contributed by atoms with E-state index in [2.05, 4.69) is 27.4 Å². The first kappa shape index (κ1) is 18.4. The van der Waals surface area contributed by atoms with Gasteiger partial charge in [-0.3, -0.25) is 10.2 Å². The Balaban J connectivity index is 1.71. The summed E-state index contributed by atoms with van der Waals surface area (Å²) in [7, 11) is 0. The summed E-state index contributed by atoms with van der Waals surface area (Å²) in [6, 6.07) is 12.6. The third-order valence-electron chi connectivity index (χ3n) is 4.65. The van der Waals surface area contributed by atoms with Crippen molar-refractivity contribution in [3.05, 3.63) is 70.5 Å². The molecule has 2 heterocycles. The van der Waals surface area contributed by atoms with Gasteiger partial charge in [-0.15, -0.1) is 5.10 Å². The van der Waals surface area contributed by atoms with E-state index in [9.17, 15) is 4.79 Å². The maximum Gasteiger partial charge on any atom is 0.256 e. The minimum Gasteiger partial charge on any atom is -0.384 e. The molecule has 0 unspecified atom stereocenters. The molecular formula is C21H19N7O. The van der Waals surface area contributed by atoms with E-state index in [-0.39, 0.29) is 11.7 Å². The molecule has 0 atom stereocenters. The number of hydrogen-bond acceptors (Lipinski definition) is 5. The topological polar surface area (TPSA) is 114 Å². The van der Waals surface area contributed by atoms with Gasteiger partial charge in [0.2, 0.25) is 0 Å². The lowest BCUT2D eigenvalue weighted by atomic mass is 10.1. The average molecular weight is 385 g/mol. The summed E-state index contributed by atoms with van der Waals surface area (Å²) in [6.07, 6.45) is 0.846. The van der Waals surface area contributed by atoms with Crippen LogP contribution in [0.25, 0.3) is 5.69 Å². The number of tetrazole rings is 1. The van der Waals surface area contributed by atoms with Gasteiger partial charge < -0.3 is 10.6 Å². The Hall–Kier alpha value is -3.99. The summed E-state index contributed by atoms with van der Waals surface area (Å²) in [5.41, 5.74) is 8.83. The second kappa shape index (κ2) is 7.56. The molecule has 8 nitrogen and oxygen atoms in total. The summed E-state index contributed by atoms with van der Waals surface area (Å²) in [4.78, 5) is 14.8. The van der Waals surface area contributed by atoms with Crippen LogP contribution in [0.4, 0.5) is 0 Å². The Morgan fingerprint density at radius 1 is 1.17 bits per heavy atom. The molecule has 1 amide bonds. The lowest BCUT2D eigenvalue weighted by molar-refractivity contribution is 0.0744. The number of nitrogen functional groups attached to an aromatic ring is 1. The second-order valence-electron chi connectivity index (χ2n) is 6.71. The first-order chi connectivity index (χ1) is 14.1. The summed E-state index contributed by atoms with van der Waals surface area (Å²) < 4.78 is 1.61. The van der Waals surface area contributed by atoms with Crippen molar-refractivity contribution in [2.45, 2.75) is 19.9 Å². The molecule has 0 saturated heterocycles. The van der Waals surface area contributed by atoms with Crippen LogP contribution < -0.4 is 5.73 Å². The molecule has 3 aromatic rings. The fourth-order valence-electron chi connectivity index (χ4n) is 3.20. The number of carbonyl (C=O) groups is 1. The number of hydrogen-bond donors (Lipinski definition) is 2. The Kier molecular flexibility index (Phi) is 4.79. The Bertz CT molecular complexity index is 1150. The van der Waals surface area contributed by atoms with E-state index in [1.165, 1.54) is 0 Å². The largest absolute Gasteiger partial charge is 0.384 e. The third kappa shape index (κ3) is 3.58. The molecule has 1 aliphatic heterocycles. The highest BCUT2D eigenvalue weighted by Crippen LogP contribution is 2.23. The quantitative estimate of drug-likeness (QED) is 0.405. The smallest absolute Gasteiger partial charge is 0.256 e. The SMILES string of the molecule is CCCN1Cc2nnnn2-c2ccc(C#Cc3ccc(C(=N)N)cc3)cc2C1=O. The number of carbonyl (C=O) groups excluding carboxylic acids is 1. The van der Waals surface area contributed by atoms with Crippen LogP contribution >= 0.6 is 0 Å². The van der Waals surface area contributed by atoms with Gasteiger partial charge >= 0.3 is 0 Å². The van der Waals surface area contributed by atoms with Gasteiger partial charge in [0.1, 0.15) is 5.84 Å². The standard InChI is InChI=1S/C21H19N7O/c1-2-11-27-13-19-24-25-26-28(19)18-10-7-15(12-17(18)21(27)29)4-3-14-5-8-16(9-6-14)20(22)23/h5-10,12H,2,11,13H2,1H3,(H3,22,23). The average Bonchev–Trinajstić information content (AvgIpc) is 3.15. The molecule has 0 saturated carbocycles. The molecule has 1 aromatic heterocycles. The van der Waals surface area contributed by atoms with E-state index in [0.717, 1.165) is 17.5 Å². The minimum absolute atomic E-state index is 0.0207. The van der Waals surface area contributed by atoms with Gasteiger partial charge in [-0.25, -0.2) is 0 Å². The number of nitrogens with zero attached hydrogens (tertiary/aromatic N) is 5. The van der Waals surface area contributed by atoms with E-state index in [4.69, 9.17) is 11.1 Å². The molecule has 8 heteroatoms. The van der Waals surface area contributed by atoms with Gasteiger partial charge in [0.05, 0.1) is 17.8 Å². The van der Waals surface area contributed by atoms with Crippen molar-refractivity contribution < 1.29 is 4.79 Å². The van der Waals surface area contributed by atoms with Crippen molar-refractivity contribution in [1.29, 1.82) is 5.41 Å². The van der Waals surface area contributed by atoms with Crippen molar-refractivity contribution in [3.63, 3.8) is 0 Å². The highest BCUT2D eigenvalue weighted by Gasteiger charge is 2.27. The lowest BCUT2D eigenvalue weighted by Crippen LogP contribution is -2.30. The molecule has 29 heavy (non-hydrogen) atoms. The Morgan fingerprint density at radius 3 is 2.62 bits per heavy atom. The molecule has 0 bridgehead atoms. The van der Waals surface area contributed by atoms with Crippen LogP contribution in [-0.4, -0.2) is 43.4 Å². The van der Waals surface area contributed by atoms with Crippen LogP contribution in [0.15, 0.2) is 42.5 Å². The molecule has 0 fully saturated rings. The zero-order chi connectivity index (χ0) is 20.4. The van der Waals surface area contributed by atoms with Gasteiger partial charge in [0, 0.05) is 23.2 Å². The molecule has 1 aliphatic rings. The Morgan fingerprint density at radius 2 is 1.90 bits per heavy atom. The van der Waals surface area contributed by atoms with Crippen LogP contribution in [0.3, 0.4) is 0 Å². The predicted molar refractivity (Wildman–Crippen MR) is 108 cm³/mol. The van der Waals surface area contributed by atoms with E-state index in [1.54, 1.807) is 27.8 Å². The number of amidine groups is 1. The van der Waals surface area contributed by atoms with Crippen LogP contribution in [0.2, 0.25) is 0 Å². The summed E-state index contributed by atoms with van der Waals surface area (Å²) in [5.74, 6) is 6.77. The maximum atomic E-state index is 13.1. The maximum absolute atomic E-state index is 13.1. The molecule has 2 aromatic carbocycles. The van der Waals surface area contributed by atoms with Crippen molar-refractivity contribution in [2.75, 3.05) is 6.54 Å². The minimum atomic E-state index is -0.0661. The molecule has 0 radical (unpaired) electrons. The van der Waals surface area contributed by atoms with Crippen molar-refractivity contribution in [3.8, 4) is 17.5 Å². The highest BCUT2D eigenvalue weighted by molar-refractivity contribution is 5.98. The van der Waals surface area contributed by atoms with Crippen molar-refractivity contribution in [1.82, 2.24) is 25.1 Å². The summed E-state index contributed by atoms with van der Waals surface area (Å²) >= 11 is 0. The molecule has 4 rings (SSSR count). The summed E-state index contributed by atoms with van der Waals surface area (Å²) in [6.45, 7) is 3.03.